The third kappa shape index (κ3) is 4.05. The number of benzene rings is 1. The summed E-state index contributed by atoms with van der Waals surface area (Å²) >= 11 is 13.4. The molecule has 0 amide bonds. The minimum absolute atomic E-state index is 0.331. The van der Waals surface area contributed by atoms with Crippen molar-refractivity contribution in [2.24, 2.45) is 0 Å². The van der Waals surface area contributed by atoms with Crippen LogP contribution < -0.4 is 5.32 Å². The van der Waals surface area contributed by atoms with E-state index in [1.54, 1.807) is 17.8 Å². The van der Waals surface area contributed by atoms with Gasteiger partial charge in [-0.1, -0.05) is 41.4 Å². The first-order valence-electron chi connectivity index (χ1n) is 5.36. The van der Waals surface area contributed by atoms with Gasteiger partial charge in [0.25, 0.3) is 0 Å². The van der Waals surface area contributed by atoms with E-state index in [0.717, 1.165) is 12.3 Å². The number of rotatable bonds is 5. The molecule has 18 heavy (non-hydrogen) atoms. The summed E-state index contributed by atoms with van der Waals surface area (Å²) in [6.07, 6.45) is 0. The second kappa shape index (κ2) is 6.83. The average Bonchev–Trinajstić information content (AvgIpc) is 2.40. The van der Waals surface area contributed by atoms with E-state index < -0.39 is 0 Å². The number of aromatic nitrogens is 2. The first-order chi connectivity index (χ1) is 8.75. The zero-order valence-corrected chi connectivity index (χ0v) is 11.8. The number of nitrogens with one attached hydrogen (secondary N) is 1. The lowest BCUT2D eigenvalue weighted by atomic mass is 10.4. The van der Waals surface area contributed by atoms with Crippen molar-refractivity contribution in [2.75, 3.05) is 17.6 Å². The second-order valence-corrected chi connectivity index (χ2v) is 5.37. The van der Waals surface area contributed by atoms with Crippen LogP contribution in [0.15, 0.2) is 41.3 Å². The summed E-state index contributed by atoms with van der Waals surface area (Å²) in [6.45, 7) is 0.779. The molecular weight excluding hydrogens is 289 g/mol. The van der Waals surface area contributed by atoms with Crippen LogP contribution >= 0.6 is 35.0 Å². The van der Waals surface area contributed by atoms with E-state index in [4.69, 9.17) is 23.2 Å². The van der Waals surface area contributed by atoms with E-state index in [0.29, 0.717) is 16.0 Å². The van der Waals surface area contributed by atoms with Crippen LogP contribution in [0, 0.1) is 0 Å². The van der Waals surface area contributed by atoms with Gasteiger partial charge in [-0.3, -0.25) is 0 Å². The highest BCUT2D eigenvalue weighted by Gasteiger charge is 2.03. The van der Waals surface area contributed by atoms with Crippen LogP contribution in [0.5, 0.6) is 0 Å². The molecule has 0 fully saturated rings. The summed E-state index contributed by atoms with van der Waals surface area (Å²) in [5, 5.41) is 11.2. The molecule has 0 saturated carbocycles. The molecule has 0 aliphatic heterocycles. The fourth-order valence-electron chi connectivity index (χ4n) is 1.35. The van der Waals surface area contributed by atoms with Gasteiger partial charge in [0.15, 0.2) is 10.3 Å². The third-order valence-corrected chi connectivity index (χ3v) is 3.63. The average molecular weight is 300 g/mol. The zero-order chi connectivity index (χ0) is 12.8. The lowest BCUT2D eigenvalue weighted by molar-refractivity contribution is 1.03. The Balaban J connectivity index is 1.80. The molecule has 6 heteroatoms. The second-order valence-electron chi connectivity index (χ2n) is 3.46. The molecule has 1 N–H and O–H groups in total. The molecule has 1 heterocycles. The molecule has 2 rings (SSSR count). The minimum Gasteiger partial charge on any atom is -0.382 e. The molecular formula is C12H11Cl2N3S. The van der Waals surface area contributed by atoms with E-state index in [1.807, 2.05) is 18.2 Å². The first kappa shape index (κ1) is 13.5. The number of anilines is 1. The smallest absolute Gasteiger partial charge is 0.174 e. The van der Waals surface area contributed by atoms with Crippen molar-refractivity contribution >= 4 is 40.7 Å². The summed E-state index contributed by atoms with van der Waals surface area (Å²) in [5.41, 5.74) is 0.713. The lowest BCUT2D eigenvalue weighted by Gasteiger charge is -2.07. The van der Waals surface area contributed by atoms with Crippen LogP contribution in [0.3, 0.4) is 0 Å². The fourth-order valence-corrected chi connectivity index (χ4v) is 2.44. The molecule has 1 aromatic heterocycles. The Morgan fingerprint density at radius 2 is 1.89 bits per heavy atom. The number of nitrogens with zero attached hydrogens (tertiary/aromatic N) is 2. The Kier molecular flexibility index (Phi) is 5.11. The maximum Gasteiger partial charge on any atom is 0.174 e. The van der Waals surface area contributed by atoms with Gasteiger partial charge < -0.3 is 5.32 Å². The minimum atomic E-state index is 0.331. The van der Waals surface area contributed by atoms with Gasteiger partial charge in [-0.15, -0.1) is 22.0 Å². The van der Waals surface area contributed by atoms with Crippen molar-refractivity contribution in [2.45, 2.75) is 4.90 Å². The normalized spacial score (nSPS) is 10.3. The molecule has 0 bridgehead atoms. The molecule has 0 saturated heterocycles. The summed E-state index contributed by atoms with van der Waals surface area (Å²) in [6, 6.07) is 11.9. The van der Waals surface area contributed by atoms with Gasteiger partial charge in [0.2, 0.25) is 0 Å². The topological polar surface area (TPSA) is 37.8 Å². The predicted octanol–water partition coefficient (Wildman–Crippen LogP) is 3.99. The van der Waals surface area contributed by atoms with Crippen LogP contribution in [-0.2, 0) is 0 Å². The van der Waals surface area contributed by atoms with Crippen LogP contribution in [0.2, 0.25) is 10.3 Å². The molecule has 0 unspecified atom stereocenters. The largest absolute Gasteiger partial charge is 0.382 e. The van der Waals surface area contributed by atoms with E-state index in [2.05, 4.69) is 27.6 Å². The van der Waals surface area contributed by atoms with Gasteiger partial charge in [-0.05, 0) is 12.1 Å². The Morgan fingerprint density at radius 3 is 2.67 bits per heavy atom. The van der Waals surface area contributed by atoms with Crippen LogP contribution in [0.4, 0.5) is 5.69 Å². The summed E-state index contributed by atoms with van der Waals surface area (Å²) in [4.78, 5) is 1.25. The lowest BCUT2D eigenvalue weighted by Crippen LogP contribution is -2.05. The van der Waals surface area contributed by atoms with Crippen molar-refractivity contribution in [3.63, 3.8) is 0 Å². The summed E-state index contributed by atoms with van der Waals surface area (Å²) in [5.74, 6) is 0.931. The van der Waals surface area contributed by atoms with Gasteiger partial charge in [0.05, 0.1) is 5.69 Å². The maximum atomic E-state index is 5.89. The number of halogens is 2. The summed E-state index contributed by atoms with van der Waals surface area (Å²) in [7, 11) is 0. The zero-order valence-electron chi connectivity index (χ0n) is 9.44. The molecule has 3 nitrogen and oxygen atoms in total. The molecule has 0 aliphatic carbocycles. The van der Waals surface area contributed by atoms with Crippen molar-refractivity contribution in [3.05, 3.63) is 46.7 Å². The van der Waals surface area contributed by atoms with Crippen molar-refractivity contribution in [1.29, 1.82) is 0 Å². The first-order valence-corrected chi connectivity index (χ1v) is 7.10. The van der Waals surface area contributed by atoms with E-state index >= 15 is 0 Å². The van der Waals surface area contributed by atoms with Crippen molar-refractivity contribution < 1.29 is 0 Å². The molecule has 0 aliphatic rings. The molecule has 2 aromatic rings. The quantitative estimate of drug-likeness (QED) is 0.669. The van der Waals surface area contributed by atoms with Crippen LogP contribution in [-0.4, -0.2) is 22.5 Å². The number of hydrogen-bond donors (Lipinski definition) is 1. The van der Waals surface area contributed by atoms with Crippen molar-refractivity contribution in [3.8, 4) is 0 Å². The van der Waals surface area contributed by atoms with Gasteiger partial charge >= 0.3 is 0 Å². The van der Waals surface area contributed by atoms with Gasteiger partial charge in [0.1, 0.15) is 0 Å². The molecule has 0 radical (unpaired) electrons. The molecule has 94 valence electrons. The summed E-state index contributed by atoms with van der Waals surface area (Å²) < 4.78 is 0. The number of hydrogen-bond acceptors (Lipinski definition) is 4. The molecule has 0 spiro atoms. The van der Waals surface area contributed by atoms with Crippen LogP contribution in [0.1, 0.15) is 0 Å². The Labute approximate surface area is 120 Å². The van der Waals surface area contributed by atoms with Gasteiger partial charge in [0, 0.05) is 23.3 Å². The Morgan fingerprint density at radius 1 is 1.11 bits per heavy atom. The highest BCUT2D eigenvalue weighted by atomic mass is 35.5. The SMILES string of the molecule is Clc1cc(NCCSc2ccccc2)c(Cl)nn1. The van der Waals surface area contributed by atoms with Gasteiger partial charge in [-0.25, -0.2) is 0 Å². The van der Waals surface area contributed by atoms with Crippen molar-refractivity contribution in [1.82, 2.24) is 10.2 Å². The van der Waals surface area contributed by atoms with E-state index in [-0.39, 0.29) is 0 Å². The van der Waals surface area contributed by atoms with Gasteiger partial charge in [-0.2, -0.15) is 0 Å². The Hall–Kier alpha value is -0.970. The monoisotopic (exact) mass is 299 g/mol. The standard InChI is InChI=1S/C12H11Cl2N3S/c13-11-8-10(12(14)17-16-11)15-6-7-18-9-4-2-1-3-5-9/h1-5,8H,6-7H2,(H,15,16). The highest BCUT2D eigenvalue weighted by molar-refractivity contribution is 7.99. The van der Waals surface area contributed by atoms with Crippen LogP contribution in [0.25, 0.3) is 0 Å². The maximum absolute atomic E-state index is 5.89. The molecule has 1 aromatic carbocycles. The Bertz CT molecular complexity index is 508. The van der Waals surface area contributed by atoms with E-state index in [9.17, 15) is 0 Å². The third-order valence-electron chi connectivity index (χ3n) is 2.15. The fraction of sp³-hybridized carbons (Fsp3) is 0.167. The van der Waals surface area contributed by atoms with E-state index in [1.165, 1.54) is 4.90 Å². The molecule has 0 atom stereocenters. The number of thioether (sulfide) groups is 1. The predicted molar refractivity (Wildman–Crippen MR) is 77.7 cm³/mol. The highest BCUT2D eigenvalue weighted by Crippen LogP contribution is 2.21.